The standard InChI is InChI=1S/C29H40N4O5.C2H6/c1-4-20-12-21(26(37-5-2)14-24(20)34)10-11-29(22-8-6-7-9-22)15-25(35)23(28(36)38-29)13-27(30)32-33-17-19(3)16-31-18-33;1-2/h12,14,16-17,22,34-35H,4-11,13,15,18H2,1-3H3,(H2,30,32);1-2H3. The number of cyclic esters (lactones) is 1. The number of nitrogens with zero attached hydrogens (tertiary/aromatic N) is 3. The first-order valence-corrected chi connectivity index (χ1v) is 14.6. The molecule has 2 heterocycles. The second-order valence-corrected chi connectivity index (χ2v) is 10.4. The molecule has 1 fully saturated rings. The number of phenols is 1. The van der Waals surface area contributed by atoms with Crippen molar-refractivity contribution >= 4 is 18.0 Å². The van der Waals surface area contributed by atoms with Crippen molar-refractivity contribution < 1.29 is 24.5 Å². The number of hydrogen-bond donors (Lipinski definition) is 3. The SMILES string of the molecule is CC.CCOc1cc(O)c(CC)cc1CCC1(C2CCCC2)CC(O)=C(C/C(N)=N/N2C=C(C)C=NC2)C(=O)O1. The molecule has 1 saturated carbocycles. The minimum atomic E-state index is -0.803. The van der Waals surface area contributed by atoms with Crippen molar-refractivity contribution in [2.24, 2.45) is 21.7 Å². The van der Waals surface area contributed by atoms with E-state index in [1.54, 1.807) is 17.3 Å². The summed E-state index contributed by atoms with van der Waals surface area (Å²) in [4.78, 5) is 17.5. The number of hydrogen-bond acceptors (Lipinski definition) is 8. The van der Waals surface area contributed by atoms with Crippen LogP contribution in [0.3, 0.4) is 0 Å². The van der Waals surface area contributed by atoms with E-state index in [-0.39, 0.29) is 41.7 Å². The first-order chi connectivity index (χ1) is 19.2. The maximum atomic E-state index is 13.3. The molecule has 0 bridgehead atoms. The van der Waals surface area contributed by atoms with E-state index >= 15 is 0 Å². The van der Waals surface area contributed by atoms with Gasteiger partial charge in [-0.25, -0.2) is 9.80 Å². The monoisotopic (exact) mass is 554 g/mol. The third-order valence-corrected chi connectivity index (χ3v) is 7.71. The van der Waals surface area contributed by atoms with Gasteiger partial charge in [0.15, 0.2) is 0 Å². The topological polar surface area (TPSA) is 130 Å². The van der Waals surface area contributed by atoms with Crippen LogP contribution in [0.25, 0.3) is 0 Å². The molecular formula is C31H46N4O5. The number of aromatic hydroxyl groups is 1. The average molecular weight is 555 g/mol. The molecule has 220 valence electrons. The first-order valence-electron chi connectivity index (χ1n) is 14.6. The van der Waals surface area contributed by atoms with Crippen molar-refractivity contribution in [2.45, 2.75) is 98.0 Å². The van der Waals surface area contributed by atoms with Crippen LogP contribution >= 0.6 is 0 Å². The maximum absolute atomic E-state index is 13.3. The Morgan fingerprint density at radius 1 is 1.23 bits per heavy atom. The van der Waals surface area contributed by atoms with Crippen molar-refractivity contribution in [2.75, 3.05) is 13.3 Å². The molecule has 9 heteroatoms. The van der Waals surface area contributed by atoms with Gasteiger partial charge < -0.3 is 25.4 Å². The summed E-state index contributed by atoms with van der Waals surface area (Å²) in [5, 5.41) is 27.4. The number of aliphatic hydroxyl groups is 1. The highest BCUT2D eigenvalue weighted by Gasteiger charge is 2.48. The number of carbonyl (C=O) groups is 1. The van der Waals surface area contributed by atoms with Gasteiger partial charge >= 0.3 is 5.97 Å². The molecule has 1 aliphatic carbocycles. The number of allylic oxidation sites excluding steroid dienone is 1. The minimum Gasteiger partial charge on any atom is -0.512 e. The molecule has 0 spiro atoms. The fraction of sp³-hybridized carbons (Fsp3) is 0.581. The molecule has 0 saturated heterocycles. The number of carbonyl (C=O) groups excluding carboxylic acids is 1. The summed E-state index contributed by atoms with van der Waals surface area (Å²) in [5.74, 6) is 0.726. The van der Waals surface area contributed by atoms with Crippen molar-refractivity contribution in [1.29, 1.82) is 0 Å². The molecule has 4 rings (SSSR count). The highest BCUT2D eigenvalue weighted by atomic mass is 16.6. The molecule has 0 amide bonds. The lowest BCUT2D eigenvalue weighted by Crippen LogP contribution is -2.46. The van der Waals surface area contributed by atoms with Crippen molar-refractivity contribution in [3.8, 4) is 11.5 Å². The molecule has 40 heavy (non-hydrogen) atoms. The van der Waals surface area contributed by atoms with Crippen LogP contribution < -0.4 is 10.5 Å². The van der Waals surface area contributed by atoms with E-state index < -0.39 is 11.6 Å². The lowest BCUT2D eigenvalue weighted by molar-refractivity contribution is -0.167. The zero-order valence-electron chi connectivity index (χ0n) is 24.7. The molecule has 1 atom stereocenters. The van der Waals surface area contributed by atoms with E-state index in [0.29, 0.717) is 38.3 Å². The molecule has 1 aromatic carbocycles. The van der Waals surface area contributed by atoms with Crippen LogP contribution in [-0.2, 0) is 22.4 Å². The Morgan fingerprint density at radius 2 is 1.95 bits per heavy atom. The Labute approximate surface area is 238 Å². The molecular weight excluding hydrogens is 508 g/mol. The lowest BCUT2D eigenvalue weighted by atomic mass is 9.76. The minimum absolute atomic E-state index is 0.00479. The van der Waals surface area contributed by atoms with E-state index in [1.807, 2.05) is 46.9 Å². The molecule has 9 nitrogen and oxygen atoms in total. The van der Waals surface area contributed by atoms with Crippen LogP contribution in [0.15, 0.2) is 45.3 Å². The van der Waals surface area contributed by atoms with Crippen LogP contribution in [0, 0.1) is 5.92 Å². The summed E-state index contributed by atoms with van der Waals surface area (Å²) >= 11 is 0. The van der Waals surface area contributed by atoms with Crippen LogP contribution in [0.2, 0.25) is 0 Å². The lowest BCUT2D eigenvalue weighted by Gasteiger charge is -2.42. The van der Waals surface area contributed by atoms with Crippen LogP contribution in [0.1, 0.15) is 90.7 Å². The van der Waals surface area contributed by atoms with Gasteiger partial charge in [-0.1, -0.05) is 33.6 Å². The summed E-state index contributed by atoms with van der Waals surface area (Å²) in [7, 11) is 0. The van der Waals surface area contributed by atoms with Gasteiger partial charge in [-0.15, -0.1) is 0 Å². The van der Waals surface area contributed by atoms with Crippen molar-refractivity contribution in [1.82, 2.24) is 5.01 Å². The number of aliphatic imine (C=N–C) groups is 1. The van der Waals surface area contributed by atoms with Gasteiger partial charge in [-0.3, -0.25) is 4.99 Å². The number of ether oxygens (including phenoxy) is 2. The average Bonchev–Trinajstić information content (AvgIpc) is 3.48. The molecule has 4 N–H and O–H groups in total. The van der Waals surface area contributed by atoms with Gasteiger partial charge in [0.25, 0.3) is 0 Å². The van der Waals surface area contributed by atoms with Gasteiger partial charge in [-0.2, -0.15) is 5.10 Å². The third kappa shape index (κ3) is 7.37. The zero-order valence-corrected chi connectivity index (χ0v) is 24.7. The number of hydrazone groups is 1. The number of phenolic OH excluding ortho intramolecular Hbond substituents is 1. The van der Waals surface area contributed by atoms with Gasteiger partial charge in [0.2, 0.25) is 0 Å². The number of amidine groups is 1. The van der Waals surface area contributed by atoms with Crippen LogP contribution in [0.5, 0.6) is 11.5 Å². The first kappa shape index (κ1) is 31.0. The molecule has 0 aromatic heterocycles. The molecule has 0 radical (unpaired) electrons. The summed E-state index contributed by atoms with van der Waals surface area (Å²) in [6.45, 7) is 10.6. The van der Waals surface area contributed by atoms with E-state index in [9.17, 15) is 15.0 Å². The second-order valence-electron chi connectivity index (χ2n) is 10.4. The summed E-state index contributed by atoms with van der Waals surface area (Å²) in [6.07, 6.45) is 9.75. The number of nitrogens with two attached hydrogens (primary N) is 1. The second kappa shape index (κ2) is 14.2. The van der Waals surface area contributed by atoms with Crippen LogP contribution in [-0.4, -0.2) is 52.1 Å². The molecule has 3 aliphatic rings. The Bertz CT molecular complexity index is 1170. The highest BCUT2D eigenvalue weighted by Crippen LogP contribution is 2.46. The Morgan fingerprint density at radius 3 is 2.58 bits per heavy atom. The number of esters is 1. The van der Waals surface area contributed by atoms with E-state index in [1.165, 1.54) is 0 Å². The zero-order chi connectivity index (χ0) is 29.3. The van der Waals surface area contributed by atoms with E-state index in [4.69, 9.17) is 15.2 Å². The third-order valence-electron chi connectivity index (χ3n) is 7.71. The predicted molar refractivity (Wildman–Crippen MR) is 159 cm³/mol. The number of aliphatic hydroxyl groups excluding tert-OH is 1. The molecule has 1 unspecified atom stereocenters. The number of benzene rings is 1. The van der Waals surface area contributed by atoms with Crippen molar-refractivity contribution in [3.05, 3.63) is 46.4 Å². The largest absolute Gasteiger partial charge is 0.512 e. The van der Waals surface area contributed by atoms with Gasteiger partial charge in [0, 0.05) is 31.3 Å². The Balaban J connectivity index is 0.00000216. The quantitative estimate of drug-likeness (QED) is 0.186. The number of aryl methyl sites for hydroxylation is 2. The summed E-state index contributed by atoms with van der Waals surface area (Å²) < 4.78 is 12.1. The maximum Gasteiger partial charge on any atom is 0.338 e. The fourth-order valence-corrected chi connectivity index (χ4v) is 5.79. The van der Waals surface area contributed by atoms with Gasteiger partial charge in [0.1, 0.15) is 35.4 Å². The molecule has 2 aliphatic heterocycles. The predicted octanol–water partition coefficient (Wildman–Crippen LogP) is 5.91. The van der Waals surface area contributed by atoms with Crippen LogP contribution in [0.4, 0.5) is 0 Å². The summed E-state index contributed by atoms with van der Waals surface area (Å²) in [6, 6.07) is 3.65. The van der Waals surface area contributed by atoms with Gasteiger partial charge in [0.05, 0.1) is 12.2 Å². The number of rotatable bonds is 10. The van der Waals surface area contributed by atoms with Crippen molar-refractivity contribution in [3.63, 3.8) is 0 Å². The normalized spacial score (nSPS) is 21.6. The van der Waals surface area contributed by atoms with E-state index in [0.717, 1.165) is 42.4 Å². The summed E-state index contributed by atoms with van der Waals surface area (Å²) in [5.41, 5.74) is 8.27. The Hall–Kier alpha value is -3.49. The Kier molecular flexibility index (Phi) is 11.0. The van der Waals surface area contributed by atoms with E-state index in [2.05, 4.69) is 10.1 Å². The smallest absolute Gasteiger partial charge is 0.338 e. The fourth-order valence-electron chi connectivity index (χ4n) is 5.79. The highest BCUT2D eigenvalue weighted by molar-refractivity contribution is 5.97. The molecule has 1 aromatic rings. The van der Waals surface area contributed by atoms with Gasteiger partial charge in [-0.05, 0) is 74.6 Å².